The minimum absolute atomic E-state index is 0.0319. The molecule has 138 valence electrons. The third-order valence-corrected chi connectivity index (χ3v) is 5.11. The van der Waals surface area contributed by atoms with Crippen LogP contribution in [0.5, 0.6) is 5.75 Å². The van der Waals surface area contributed by atoms with E-state index in [1.165, 1.54) is 12.8 Å². The van der Waals surface area contributed by atoms with Gasteiger partial charge in [-0.2, -0.15) is 5.10 Å². The lowest BCUT2D eigenvalue weighted by atomic mass is 10.3. The summed E-state index contributed by atoms with van der Waals surface area (Å²) in [6, 6.07) is 6.91. The van der Waals surface area contributed by atoms with Crippen molar-refractivity contribution in [3.05, 3.63) is 45.6 Å². The van der Waals surface area contributed by atoms with Gasteiger partial charge in [0.2, 0.25) is 0 Å². The fourth-order valence-corrected chi connectivity index (χ4v) is 3.27. The summed E-state index contributed by atoms with van der Waals surface area (Å²) in [5.74, 6) is 1.89. The molecule has 1 amide bonds. The second-order valence-electron chi connectivity index (χ2n) is 6.85. The van der Waals surface area contributed by atoms with Crippen LogP contribution in [0.3, 0.4) is 0 Å². The number of aromatic nitrogens is 3. The molecule has 0 radical (unpaired) electrons. The third kappa shape index (κ3) is 3.77. The van der Waals surface area contributed by atoms with Gasteiger partial charge in [-0.3, -0.25) is 9.36 Å². The first-order chi connectivity index (χ1) is 12.6. The van der Waals surface area contributed by atoms with Crippen molar-refractivity contribution in [2.45, 2.75) is 32.4 Å². The smallest absolute Gasteiger partial charge is 0.345 e. The molecule has 4 rings (SSSR count). The first kappa shape index (κ1) is 17.1. The molecular weight excluding hydrogens is 356 g/mol. The van der Waals surface area contributed by atoms with E-state index in [1.54, 1.807) is 38.4 Å². The van der Waals surface area contributed by atoms with Gasteiger partial charge in [-0.05, 0) is 43.0 Å². The Balaban J connectivity index is 1.35. The zero-order valence-corrected chi connectivity index (χ0v) is 15.2. The van der Waals surface area contributed by atoms with Gasteiger partial charge in [-0.1, -0.05) is 11.6 Å². The fraction of sp³-hybridized carbons (Fsp3) is 0.500. The van der Waals surface area contributed by atoms with E-state index in [4.69, 9.17) is 16.3 Å². The number of fused-ring (bicyclic) bond motifs is 1. The zero-order chi connectivity index (χ0) is 18.1. The highest BCUT2D eigenvalue weighted by atomic mass is 35.5. The molecule has 0 N–H and O–H groups in total. The predicted molar refractivity (Wildman–Crippen MR) is 96.4 cm³/mol. The molecule has 0 saturated heterocycles. The lowest BCUT2D eigenvalue weighted by Gasteiger charge is -2.20. The molecule has 1 aliphatic heterocycles. The zero-order valence-electron chi connectivity index (χ0n) is 14.4. The molecule has 2 heterocycles. The number of hydrogen-bond acceptors (Lipinski definition) is 4. The molecule has 0 atom stereocenters. The molecule has 1 aromatic heterocycles. The molecule has 26 heavy (non-hydrogen) atoms. The maximum atomic E-state index is 12.5. The van der Waals surface area contributed by atoms with Gasteiger partial charge in [-0.15, -0.1) is 0 Å². The largest absolute Gasteiger partial charge is 0.484 e. The average Bonchev–Trinajstić information content (AvgIpc) is 3.43. The molecule has 0 unspecified atom stereocenters. The van der Waals surface area contributed by atoms with Crippen LogP contribution in [0.1, 0.15) is 18.7 Å². The Kier molecular flexibility index (Phi) is 4.72. The number of carbonyl (C=O) groups is 1. The molecule has 0 bridgehead atoms. The average molecular weight is 377 g/mol. The third-order valence-electron chi connectivity index (χ3n) is 4.85. The van der Waals surface area contributed by atoms with E-state index < -0.39 is 0 Å². The number of carbonyl (C=O) groups excluding carboxylic acids is 1. The second-order valence-corrected chi connectivity index (χ2v) is 7.29. The quantitative estimate of drug-likeness (QED) is 0.794. The van der Waals surface area contributed by atoms with Crippen LogP contribution in [0.4, 0.5) is 0 Å². The molecule has 1 saturated carbocycles. The van der Waals surface area contributed by atoms with Gasteiger partial charge < -0.3 is 9.64 Å². The van der Waals surface area contributed by atoms with Crippen molar-refractivity contribution >= 4 is 17.5 Å². The number of hydrogen-bond donors (Lipinski definition) is 0. The predicted octanol–water partition coefficient (Wildman–Crippen LogP) is 1.57. The molecule has 2 aromatic rings. The van der Waals surface area contributed by atoms with Crippen molar-refractivity contribution < 1.29 is 9.53 Å². The summed E-state index contributed by atoms with van der Waals surface area (Å²) in [6.45, 7) is 2.20. The van der Waals surface area contributed by atoms with Crippen LogP contribution in [0.15, 0.2) is 29.1 Å². The summed E-state index contributed by atoms with van der Waals surface area (Å²) in [6.07, 6.45) is 2.95. The molecule has 1 fully saturated rings. The fourth-order valence-electron chi connectivity index (χ4n) is 3.14. The second kappa shape index (κ2) is 7.15. The topological polar surface area (TPSA) is 69.4 Å². The lowest BCUT2D eigenvalue weighted by Crippen LogP contribution is -2.38. The van der Waals surface area contributed by atoms with E-state index in [9.17, 15) is 9.59 Å². The Labute approximate surface area is 156 Å². The van der Waals surface area contributed by atoms with Gasteiger partial charge in [0.15, 0.2) is 6.61 Å². The SMILES string of the molecule is O=C(COc1ccc(Cl)cc1)N1CCc2nn(CC3CC3)c(=O)n2CC1. The molecule has 1 aliphatic carbocycles. The minimum atomic E-state index is -0.0935. The summed E-state index contributed by atoms with van der Waals surface area (Å²) in [5, 5.41) is 5.09. The van der Waals surface area contributed by atoms with Crippen molar-refractivity contribution in [2.24, 2.45) is 5.92 Å². The highest BCUT2D eigenvalue weighted by Crippen LogP contribution is 2.29. The van der Waals surface area contributed by atoms with Crippen molar-refractivity contribution in [3.63, 3.8) is 0 Å². The molecule has 8 heteroatoms. The van der Waals surface area contributed by atoms with Crippen LogP contribution in [-0.4, -0.2) is 44.9 Å². The van der Waals surface area contributed by atoms with Gasteiger partial charge in [-0.25, -0.2) is 9.48 Å². The van der Waals surface area contributed by atoms with E-state index >= 15 is 0 Å². The highest BCUT2D eigenvalue weighted by molar-refractivity contribution is 6.30. The summed E-state index contributed by atoms with van der Waals surface area (Å²) in [7, 11) is 0. The van der Waals surface area contributed by atoms with E-state index in [2.05, 4.69) is 5.10 Å². The number of nitrogens with zero attached hydrogens (tertiary/aromatic N) is 4. The van der Waals surface area contributed by atoms with Crippen LogP contribution < -0.4 is 10.4 Å². The van der Waals surface area contributed by atoms with Crippen LogP contribution in [0, 0.1) is 5.92 Å². The lowest BCUT2D eigenvalue weighted by molar-refractivity contribution is -0.133. The number of amides is 1. The standard InChI is InChI=1S/C18H21ClN4O3/c19-14-3-5-15(6-4-14)26-12-17(24)21-8-7-16-20-23(11-13-1-2-13)18(25)22(16)10-9-21/h3-6,13H,1-2,7-12H2. The van der Waals surface area contributed by atoms with E-state index in [0.717, 1.165) is 12.4 Å². The normalized spacial score (nSPS) is 16.9. The maximum Gasteiger partial charge on any atom is 0.345 e. The summed E-state index contributed by atoms with van der Waals surface area (Å²) < 4.78 is 8.83. The molecule has 7 nitrogen and oxygen atoms in total. The Morgan fingerprint density at radius 1 is 1.19 bits per heavy atom. The minimum Gasteiger partial charge on any atom is -0.484 e. The Morgan fingerprint density at radius 3 is 2.69 bits per heavy atom. The van der Waals surface area contributed by atoms with Crippen LogP contribution in [-0.2, 0) is 24.3 Å². The Morgan fingerprint density at radius 2 is 1.96 bits per heavy atom. The van der Waals surface area contributed by atoms with E-state index in [0.29, 0.717) is 42.7 Å². The Bertz CT molecular complexity index is 854. The maximum absolute atomic E-state index is 12.5. The molecule has 2 aliphatic rings. The van der Waals surface area contributed by atoms with Crippen LogP contribution in [0.25, 0.3) is 0 Å². The highest BCUT2D eigenvalue weighted by Gasteiger charge is 2.26. The van der Waals surface area contributed by atoms with Crippen LogP contribution >= 0.6 is 11.6 Å². The van der Waals surface area contributed by atoms with Gasteiger partial charge in [0, 0.05) is 37.6 Å². The van der Waals surface area contributed by atoms with Crippen molar-refractivity contribution in [3.8, 4) is 5.75 Å². The first-order valence-electron chi connectivity index (χ1n) is 8.93. The Hall–Kier alpha value is -2.28. The molecule has 0 spiro atoms. The first-order valence-corrected chi connectivity index (χ1v) is 9.30. The van der Waals surface area contributed by atoms with E-state index in [1.807, 2.05) is 0 Å². The summed E-state index contributed by atoms with van der Waals surface area (Å²) in [4.78, 5) is 26.6. The van der Waals surface area contributed by atoms with E-state index in [-0.39, 0.29) is 18.2 Å². The van der Waals surface area contributed by atoms with Gasteiger partial charge in [0.1, 0.15) is 11.6 Å². The van der Waals surface area contributed by atoms with Gasteiger partial charge >= 0.3 is 5.69 Å². The summed E-state index contributed by atoms with van der Waals surface area (Å²) in [5.41, 5.74) is -0.0568. The molecule has 1 aromatic carbocycles. The van der Waals surface area contributed by atoms with Crippen molar-refractivity contribution in [1.29, 1.82) is 0 Å². The van der Waals surface area contributed by atoms with Gasteiger partial charge in [0.25, 0.3) is 5.91 Å². The summed E-state index contributed by atoms with van der Waals surface area (Å²) >= 11 is 5.84. The van der Waals surface area contributed by atoms with Crippen molar-refractivity contribution in [1.82, 2.24) is 19.2 Å². The number of halogens is 1. The number of rotatable bonds is 5. The van der Waals surface area contributed by atoms with Gasteiger partial charge in [0.05, 0.1) is 0 Å². The molecular formula is C18H21ClN4O3. The number of ether oxygens (including phenoxy) is 1. The van der Waals surface area contributed by atoms with Crippen molar-refractivity contribution in [2.75, 3.05) is 19.7 Å². The van der Waals surface area contributed by atoms with Crippen LogP contribution in [0.2, 0.25) is 5.02 Å². The number of benzene rings is 1. The monoisotopic (exact) mass is 376 g/mol.